The monoisotopic (exact) mass is 298 g/mol. The number of benzene rings is 1. The maximum absolute atomic E-state index is 12.2. The van der Waals surface area contributed by atoms with Crippen molar-refractivity contribution >= 4 is 11.9 Å². The van der Waals surface area contributed by atoms with Crippen LogP contribution in [0.15, 0.2) is 24.3 Å². The van der Waals surface area contributed by atoms with Gasteiger partial charge in [-0.15, -0.1) is 0 Å². The predicted molar refractivity (Wildman–Crippen MR) is 66.6 cm³/mol. The molecule has 0 heterocycles. The van der Waals surface area contributed by atoms with Crippen LogP contribution in [-0.2, 0) is 9.53 Å². The molecule has 0 fully saturated rings. The van der Waals surface area contributed by atoms with Crippen LogP contribution in [-0.4, -0.2) is 31.6 Å². The number of carbonyl (C=O) groups excluding carboxylic acids is 2. The number of amides is 1. The van der Waals surface area contributed by atoms with E-state index in [9.17, 15) is 18.4 Å². The molecule has 0 aliphatic heterocycles. The van der Waals surface area contributed by atoms with E-state index in [1.807, 2.05) is 6.07 Å². The molecule has 0 aliphatic rings. The zero-order valence-corrected chi connectivity index (χ0v) is 10.8. The molecule has 0 saturated carbocycles. The molecular formula is C13H12F2N2O4. The highest BCUT2D eigenvalue weighted by Crippen LogP contribution is 2.20. The maximum Gasteiger partial charge on any atom is 0.387 e. The zero-order valence-electron chi connectivity index (χ0n) is 10.8. The third kappa shape index (κ3) is 5.86. The molecule has 1 rings (SSSR count). The van der Waals surface area contributed by atoms with Gasteiger partial charge in [0.1, 0.15) is 11.3 Å². The SMILES string of the molecule is N#CCCNC(=O)COC(=O)c1ccccc1OC(F)F. The van der Waals surface area contributed by atoms with Crippen molar-refractivity contribution in [2.75, 3.05) is 13.2 Å². The summed E-state index contributed by atoms with van der Waals surface area (Å²) in [6.45, 7) is -3.51. The summed E-state index contributed by atoms with van der Waals surface area (Å²) in [4.78, 5) is 23.0. The number of rotatable bonds is 7. The van der Waals surface area contributed by atoms with E-state index < -0.39 is 25.1 Å². The van der Waals surface area contributed by atoms with Crippen molar-refractivity contribution in [3.8, 4) is 11.8 Å². The molecule has 0 saturated heterocycles. The molecule has 0 radical (unpaired) electrons. The van der Waals surface area contributed by atoms with E-state index in [4.69, 9.17) is 5.26 Å². The Morgan fingerprint density at radius 1 is 1.33 bits per heavy atom. The van der Waals surface area contributed by atoms with Crippen LogP contribution in [0.1, 0.15) is 16.8 Å². The molecule has 1 amide bonds. The van der Waals surface area contributed by atoms with Crippen LogP contribution in [0, 0.1) is 11.3 Å². The first-order valence-electron chi connectivity index (χ1n) is 5.89. The van der Waals surface area contributed by atoms with Crippen molar-refractivity contribution in [2.45, 2.75) is 13.0 Å². The predicted octanol–water partition coefficient (Wildman–Crippen LogP) is 1.47. The van der Waals surface area contributed by atoms with Crippen molar-refractivity contribution in [1.82, 2.24) is 5.32 Å². The first kappa shape index (κ1) is 16.4. The van der Waals surface area contributed by atoms with Gasteiger partial charge in [-0.1, -0.05) is 12.1 Å². The van der Waals surface area contributed by atoms with Crippen molar-refractivity contribution in [3.63, 3.8) is 0 Å². The molecule has 8 heteroatoms. The van der Waals surface area contributed by atoms with Crippen LogP contribution in [0.2, 0.25) is 0 Å². The quantitative estimate of drug-likeness (QED) is 0.608. The van der Waals surface area contributed by atoms with Crippen LogP contribution >= 0.6 is 0 Å². The number of alkyl halides is 2. The highest BCUT2D eigenvalue weighted by Gasteiger charge is 2.17. The number of ether oxygens (including phenoxy) is 2. The number of esters is 1. The first-order valence-corrected chi connectivity index (χ1v) is 5.89. The normalized spacial score (nSPS) is 9.81. The third-order valence-electron chi connectivity index (χ3n) is 2.22. The largest absolute Gasteiger partial charge is 0.452 e. The van der Waals surface area contributed by atoms with Crippen molar-refractivity contribution in [3.05, 3.63) is 29.8 Å². The molecule has 0 atom stereocenters. The van der Waals surface area contributed by atoms with Gasteiger partial charge < -0.3 is 14.8 Å². The summed E-state index contributed by atoms with van der Waals surface area (Å²) in [5.74, 6) is -1.88. The van der Waals surface area contributed by atoms with E-state index in [0.29, 0.717) is 0 Å². The van der Waals surface area contributed by atoms with Gasteiger partial charge in [0.05, 0.1) is 12.5 Å². The van der Waals surface area contributed by atoms with Crippen molar-refractivity contribution in [2.24, 2.45) is 0 Å². The minimum absolute atomic E-state index is 0.130. The number of nitriles is 1. The lowest BCUT2D eigenvalue weighted by Gasteiger charge is -2.10. The maximum atomic E-state index is 12.2. The molecule has 0 aliphatic carbocycles. The average Bonchev–Trinajstić information content (AvgIpc) is 2.45. The van der Waals surface area contributed by atoms with Gasteiger partial charge in [0.15, 0.2) is 6.61 Å². The van der Waals surface area contributed by atoms with Crippen LogP contribution in [0.3, 0.4) is 0 Å². The molecule has 21 heavy (non-hydrogen) atoms. The molecule has 0 unspecified atom stereocenters. The van der Waals surface area contributed by atoms with Crippen molar-refractivity contribution < 1.29 is 27.8 Å². The van der Waals surface area contributed by atoms with Crippen LogP contribution in [0.4, 0.5) is 8.78 Å². The van der Waals surface area contributed by atoms with Gasteiger partial charge in [0.2, 0.25) is 0 Å². The van der Waals surface area contributed by atoms with Crippen LogP contribution < -0.4 is 10.1 Å². The van der Waals surface area contributed by atoms with E-state index in [1.54, 1.807) is 0 Å². The smallest absolute Gasteiger partial charge is 0.387 e. The molecule has 6 nitrogen and oxygen atoms in total. The standard InChI is InChI=1S/C13H12F2N2O4/c14-13(15)21-10-5-2-1-4-9(10)12(19)20-8-11(18)17-7-3-6-16/h1-2,4-5,13H,3,7-8H2,(H,17,18). The summed E-state index contributed by atoms with van der Waals surface area (Å²) in [6.07, 6.45) is 0.130. The molecule has 1 aromatic rings. The Bertz CT molecular complexity index is 543. The second kappa shape index (κ2) is 8.47. The molecule has 1 N–H and O–H groups in total. The van der Waals surface area contributed by atoms with E-state index >= 15 is 0 Å². The third-order valence-corrected chi connectivity index (χ3v) is 2.22. The summed E-state index contributed by atoms with van der Waals surface area (Å²) in [5, 5.41) is 10.6. The first-order chi connectivity index (χ1) is 10.0. The van der Waals surface area contributed by atoms with E-state index in [0.717, 1.165) is 0 Å². The average molecular weight is 298 g/mol. The van der Waals surface area contributed by atoms with Gasteiger partial charge in [-0.3, -0.25) is 4.79 Å². The molecule has 0 aromatic heterocycles. The number of halogens is 2. The summed E-state index contributed by atoms with van der Waals surface area (Å²) >= 11 is 0. The summed E-state index contributed by atoms with van der Waals surface area (Å²) in [5.41, 5.74) is -0.206. The van der Waals surface area contributed by atoms with Gasteiger partial charge in [0.25, 0.3) is 5.91 Å². The number of para-hydroxylation sites is 1. The lowest BCUT2D eigenvalue weighted by molar-refractivity contribution is -0.124. The van der Waals surface area contributed by atoms with E-state index in [-0.39, 0.29) is 24.3 Å². The summed E-state index contributed by atoms with van der Waals surface area (Å²) in [6, 6.07) is 7.13. The van der Waals surface area contributed by atoms with E-state index in [1.165, 1.54) is 24.3 Å². The number of nitrogens with zero attached hydrogens (tertiary/aromatic N) is 1. The summed E-state index contributed by atoms with van der Waals surface area (Å²) < 4.78 is 33.2. The lowest BCUT2D eigenvalue weighted by atomic mass is 10.2. The fourth-order valence-corrected chi connectivity index (χ4v) is 1.35. The van der Waals surface area contributed by atoms with Gasteiger partial charge in [0, 0.05) is 6.54 Å². The van der Waals surface area contributed by atoms with Gasteiger partial charge in [-0.2, -0.15) is 14.0 Å². The van der Waals surface area contributed by atoms with Gasteiger partial charge in [-0.25, -0.2) is 4.79 Å². The topological polar surface area (TPSA) is 88.4 Å². The Morgan fingerprint density at radius 3 is 2.71 bits per heavy atom. The molecule has 112 valence electrons. The molecule has 0 spiro atoms. The minimum atomic E-state index is -3.08. The Hall–Kier alpha value is -2.69. The van der Waals surface area contributed by atoms with Crippen LogP contribution in [0.25, 0.3) is 0 Å². The fraction of sp³-hybridized carbons (Fsp3) is 0.308. The van der Waals surface area contributed by atoms with Gasteiger partial charge >= 0.3 is 12.6 Å². The second-order valence-corrected chi connectivity index (χ2v) is 3.71. The van der Waals surface area contributed by atoms with Crippen molar-refractivity contribution in [1.29, 1.82) is 5.26 Å². The lowest BCUT2D eigenvalue weighted by Crippen LogP contribution is -2.29. The fourth-order valence-electron chi connectivity index (χ4n) is 1.35. The molecule has 1 aromatic carbocycles. The molecule has 0 bridgehead atoms. The number of hydrogen-bond acceptors (Lipinski definition) is 5. The van der Waals surface area contributed by atoms with E-state index in [2.05, 4.69) is 14.8 Å². The number of nitrogens with one attached hydrogen (secondary N) is 1. The minimum Gasteiger partial charge on any atom is -0.452 e. The zero-order chi connectivity index (χ0) is 15.7. The Labute approximate surface area is 119 Å². The highest BCUT2D eigenvalue weighted by atomic mass is 19.3. The molecular weight excluding hydrogens is 286 g/mol. The highest BCUT2D eigenvalue weighted by molar-refractivity contribution is 5.93. The Balaban J connectivity index is 2.56. The Morgan fingerprint density at radius 2 is 2.05 bits per heavy atom. The summed E-state index contributed by atoms with van der Waals surface area (Å²) in [7, 11) is 0. The van der Waals surface area contributed by atoms with Gasteiger partial charge in [-0.05, 0) is 12.1 Å². The Kier molecular flexibility index (Phi) is 6.60. The van der Waals surface area contributed by atoms with Crippen LogP contribution in [0.5, 0.6) is 5.75 Å². The number of carbonyl (C=O) groups is 2. The second-order valence-electron chi connectivity index (χ2n) is 3.71. The number of hydrogen-bond donors (Lipinski definition) is 1.